The highest BCUT2D eigenvalue weighted by molar-refractivity contribution is 7.09. The quantitative estimate of drug-likeness (QED) is 0.813. The van der Waals surface area contributed by atoms with Crippen molar-refractivity contribution in [3.8, 4) is 5.75 Å². The van der Waals surface area contributed by atoms with Crippen molar-refractivity contribution in [2.45, 2.75) is 20.0 Å². The van der Waals surface area contributed by atoms with Crippen LogP contribution in [0.2, 0.25) is 0 Å². The Hall–Kier alpha value is -1.59. The molecular formula is C13H17N3OS. The molecule has 0 saturated carbocycles. The van der Waals surface area contributed by atoms with Gasteiger partial charge >= 0.3 is 0 Å². The van der Waals surface area contributed by atoms with Crippen LogP contribution in [0.5, 0.6) is 5.75 Å². The van der Waals surface area contributed by atoms with Crippen molar-refractivity contribution in [2.24, 2.45) is 0 Å². The summed E-state index contributed by atoms with van der Waals surface area (Å²) < 4.78 is 5.12. The van der Waals surface area contributed by atoms with E-state index in [2.05, 4.69) is 15.7 Å². The van der Waals surface area contributed by atoms with E-state index >= 15 is 0 Å². The van der Waals surface area contributed by atoms with Crippen molar-refractivity contribution in [1.29, 1.82) is 0 Å². The third kappa shape index (κ3) is 3.21. The standard InChI is InChI=1S/C13H17N3OS/c1-9-16-11(8-18-9)7-15-6-10-3-4-12(17-2)5-13(10)14/h3-5,8,15H,6-7,14H2,1-2H3. The molecule has 0 unspecified atom stereocenters. The monoisotopic (exact) mass is 263 g/mol. The van der Waals surface area contributed by atoms with Crippen LogP contribution in [-0.4, -0.2) is 12.1 Å². The highest BCUT2D eigenvalue weighted by Crippen LogP contribution is 2.19. The molecule has 1 aromatic heterocycles. The highest BCUT2D eigenvalue weighted by Gasteiger charge is 2.02. The molecule has 96 valence electrons. The second kappa shape index (κ2) is 5.84. The minimum absolute atomic E-state index is 0.729. The number of hydrogen-bond acceptors (Lipinski definition) is 5. The number of thiazole rings is 1. The number of rotatable bonds is 5. The predicted octanol–water partition coefficient (Wildman–Crippen LogP) is 2.33. The molecule has 0 fully saturated rings. The van der Waals surface area contributed by atoms with E-state index in [0.29, 0.717) is 0 Å². The third-order valence-corrected chi connectivity index (χ3v) is 3.46. The van der Waals surface area contributed by atoms with Crippen LogP contribution in [0.4, 0.5) is 5.69 Å². The number of benzene rings is 1. The molecular weight excluding hydrogens is 246 g/mol. The Balaban J connectivity index is 1.90. The van der Waals surface area contributed by atoms with Crippen molar-refractivity contribution in [1.82, 2.24) is 10.3 Å². The lowest BCUT2D eigenvalue weighted by Crippen LogP contribution is -2.14. The first-order valence-electron chi connectivity index (χ1n) is 5.73. The zero-order valence-corrected chi connectivity index (χ0v) is 11.4. The minimum Gasteiger partial charge on any atom is -0.497 e. The molecule has 0 radical (unpaired) electrons. The smallest absolute Gasteiger partial charge is 0.120 e. The second-order valence-corrected chi connectivity index (χ2v) is 5.09. The molecule has 0 spiro atoms. The summed E-state index contributed by atoms with van der Waals surface area (Å²) >= 11 is 1.67. The van der Waals surface area contributed by atoms with E-state index in [1.165, 1.54) is 0 Å². The molecule has 0 aliphatic rings. The van der Waals surface area contributed by atoms with Gasteiger partial charge < -0.3 is 15.8 Å². The lowest BCUT2D eigenvalue weighted by atomic mass is 10.1. The Kier molecular flexibility index (Phi) is 4.17. The van der Waals surface area contributed by atoms with E-state index in [1.807, 2.05) is 25.1 Å². The summed E-state index contributed by atoms with van der Waals surface area (Å²) in [4.78, 5) is 4.40. The summed E-state index contributed by atoms with van der Waals surface area (Å²) in [5.41, 5.74) is 8.84. The van der Waals surface area contributed by atoms with Crippen LogP contribution >= 0.6 is 11.3 Å². The Morgan fingerprint density at radius 1 is 1.39 bits per heavy atom. The maximum atomic E-state index is 5.95. The average Bonchev–Trinajstić information content (AvgIpc) is 2.77. The fourth-order valence-electron chi connectivity index (χ4n) is 1.68. The number of methoxy groups -OCH3 is 1. The highest BCUT2D eigenvalue weighted by atomic mass is 32.1. The van der Waals surface area contributed by atoms with Crippen LogP contribution in [0.15, 0.2) is 23.6 Å². The number of aromatic nitrogens is 1. The third-order valence-electron chi connectivity index (χ3n) is 2.64. The fraction of sp³-hybridized carbons (Fsp3) is 0.308. The number of nitrogen functional groups attached to an aromatic ring is 1. The SMILES string of the molecule is COc1ccc(CNCc2csc(C)n2)c(N)c1. The van der Waals surface area contributed by atoms with Crippen molar-refractivity contribution in [2.75, 3.05) is 12.8 Å². The Morgan fingerprint density at radius 2 is 2.22 bits per heavy atom. The number of aryl methyl sites for hydroxylation is 1. The number of anilines is 1. The molecule has 0 aliphatic carbocycles. The van der Waals surface area contributed by atoms with E-state index in [1.54, 1.807) is 18.4 Å². The van der Waals surface area contributed by atoms with Crippen LogP contribution in [-0.2, 0) is 13.1 Å². The molecule has 4 nitrogen and oxygen atoms in total. The van der Waals surface area contributed by atoms with Crippen LogP contribution < -0.4 is 15.8 Å². The van der Waals surface area contributed by atoms with E-state index in [9.17, 15) is 0 Å². The molecule has 5 heteroatoms. The van der Waals surface area contributed by atoms with Gasteiger partial charge in [0.1, 0.15) is 5.75 Å². The first kappa shape index (κ1) is 12.9. The Labute approximate surface area is 111 Å². The molecule has 2 aromatic rings. The number of nitrogens with zero attached hydrogens (tertiary/aromatic N) is 1. The van der Waals surface area contributed by atoms with Gasteiger partial charge in [0.2, 0.25) is 0 Å². The van der Waals surface area contributed by atoms with Gasteiger partial charge in [-0.1, -0.05) is 6.07 Å². The van der Waals surface area contributed by atoms with Crippen molar-refractivity contribution in [3.63, 3.8) is 0 Å². The maximum absolute atomic E-state index is 5.95. The van der Waals surface area contributed by atoms with Gasteiger partial charge in [-0.05, 0) is 18.6 Å². The lowest BCUT2D eigenvalue weighted by molar-refractivity contribution is 0.415. The molecule has 1 heterocycles. The lowest BCUT2D eigenvalue weighted by Gasteiger charge is -2.08. The van der Waals surface area contributed by atoms with Crippen LogP contribution in [0, 0.1) is 6.92 Å². The summed E-state index contributed by atoms with van der Waals surface area (Å²) in [5.74, 6) is 0.784. The summed E-state index contributed by atoms with van der Waals surface area (Å²) in [5, 5.41) is 6.50. The molecule has 2 rings (SSSR count). The van der Waals surface area contributed by atoms with E-state index < -0.39 is 0 Å². The zero-order valence-electron chi connectivity index (χ0n) is 10.6. The second-order valence-electron chi connectivity index (χ2n) is 4.03. The van der Waals surface area contributed by atoms with Gasteiger partial charge in [0.25, 0.3) is 0 Å². The summed E-state index contributed by atoms with van der Waals surface area (Å²) in [6.45, 7) is 3.50. The molecule has 0 aliphatic heterocycles. The van der Waals surface area contributed by atoms with E-state index in [0.717, 1.165) is 40.8 Å². The van der Waals surface area contributed by atoms with Gasteiger partial charge in [-0.25, -0.2) is 4.98 Å². The van der Waals surface area contributed by atoms with Crippen LogP contribution in [0.3, 0.4) is 0 Å². The van der Waals surface area contributed by atoms with Gasteiger partial charge in [-0.3, -0.25) is 0 Å². The average molecular weight is 263 g/mol. The summed E-state index contributed by atoms with van der Waals surface area (Å²) in [7, 11) is 1.64. The summed E-state index contributed by atoms with van der Waals surface area (Å²) in [6.07, 6.45) is 0. The van der Waals surface area contributed by atoms with Gasteiger partial charge in [0.15, 0.2) is 0 Å². The maximum Gasteiger partial charge on any atom is 0.120 e. The molecule has 0 saturated heterocycles. The van der Waals surface area contributed by atoms with Gasteiger partial charge in [0, 0.05) is 30.2 Å². The molecule has 18 heavy (non-hydrogen) atoms. The van der Waals surface area contributed by atoms with Crippen molar-refractivity contribution in [3.05, 3.63) is 39.8 Å². The Bertz CT molecular complexity index is 525. The summed E-state index contributed by atoms with van der Waals surface area (Å²) in [6, 6.07) is 5.73. The number of ether oxygens (including phenoxy) is 1. The van der Waals surface area contributed by atoms with Crippen molar-refractivity contribution >= 4 is 17.0 Å². The first-order valence-corrected chi connectivity index (χ1v) is 6.61. The van der Waals surface area contributed by atoms with Gasteiger partial charge in [-0.2, -0.15) is 0 Å². The minimum atomic E-state index is 0.729. The number of hydrogen-bond donors (Lipinski definition) is 2. The van der Waals surface area contributed by atoms with E-state index in [4.69, 9.17) is 10.5 Å². The van der Waals surface area contributed by atoms with Crippen LogP contribution in [0.1, 0.15) is 16.3 Å². The topological polar surface area (TPSA) is 60.2 Å². The largest absolute Gasteiger partial charge is 0.497 e. The number of nitrogens with two attached hydrogens (primary N) is 1. The predicted molar refractivity (Wildman–Crippen MR) is 74.8 cm³/mol. The number of nitrogens with one attached hydrogen (secondary N) is 1. The normalized spacial score (nSPS) is 10.6. The van der Waals surface area contributed by atoms with Gasteiger partial charge in [-0.15, -0.1) is 11.3 Å². The molecule has 1 aromatic carbocycles. The fourth-order valence-corrected chi connectivity index (χ4v) is 2.29. The molecule has 0 atom stereocenters. The molecule has 0 amide bonds. The van der Waals surface area contributed by atoms with Crippen molar-refractivity contribution < 1.29 is 4.74 Å². The first-order chi connectivity index (χ1) is 8.69. The Morgan fingerprint density at radius 3 is 2.83 bits per heavy atom. The molecule has 3 N–H and O–H groups in total. The van der Waals surface area contributed by atoms with Crippen LogP contribution in [0.25, 0.3) is 0 Å². The zero-order chi connectivity index (χ0) is 13.0. The van der Waals surface area contributed by atoms with E-state index in [-0.39, 0.29) is 0 Å². The molecule has 0 bridgehead atoms. The van der Waals surface area contributed by atoms with Gasteiger partial charge in [0.05, 0.1) is 17.8 Å².